The molecule has 1 nitrogen and oxygen atoms in total. The van der Waals surface area contributed by atoms with Gasteiger partial charge in [-0.3, -0.25) is 0 Å². The first-order valence-corrected chi connectivity index (χ1v) is 6.11. The van der Waals surface area contributed by atoms with E-state index in [1.165, 1.54) is 42.6 Å². The number of hydrogen-bond acceptors (Lipinski definition) is 1. The largest absolute Gasteiger partial charge is 0.492 e. The summed E-state index contributed by atoms with van der Waals surface area (Å²) in [4.78, 5) is 0. The second kappa shape index (κ2) is 3.26. The topological polar surface area (TPSA) is 9.23 Å². The first-order chi connectivity index (χ1) is 7.36. The van der Waals surface area contributed by atoms with E-state index in [1.54, 1.807) is 0 Å². The summed E-state index contributed by atoms with van der Waals surface area (Å²) in [5, 5.41) is 0. The summed E-state index contributed by atoms with van der Waals surface area (Å²) in [7, 11) is 0. The predicted molar refractivity (Wildman–Crippen MR) is 61.5 cm³/mol. The van der Waals surface area contributed by atoms with Crippen molar-refractivity contribution in [2.45, 2.75) is 44.4 Å². The van der Waals surface area contributed by atoms with Gasteiger partial charge in [-0.15, -0.1) is 0 Å². The summed E-state index contributed by atoms with van der Waals surface area (Å²) in [6.07, 6.45) is 6.39. The molecule has 0 unspecified atom stereocenters. The quantitative estimate of drug-likeness (QED) is 0.713. The van der Waals surface area contributed by atoms with Crippen LogP contribution in [-0.2, 0) is 11.8 Å². The van der Waals surface area contributed by atoms with Crippen LogP contribution in [0.15, 0.2) is 18.2 Å². The fourth-order valence-electron chi connectivity index (χ4n) is 2.94. The van der Waals surface area contributed by atoms with E-state index < -0.39 is 0 Å². The van der Waals surface area contributed by atoms with Crippen LogP contribution in [0.5, 0.6) is 5.75 Å². The van der Waals surface area contributed by atoms with Crippen molar-refractivity contribution in [1.82, 2.24) is 0 Å². The van der Waals surface area contributed by atoms with E-state index in [-0.39, 0.29) is 0 Å². The van der Waals surface area contributed by atoms with Gasteiger partial charge in [-0.25, -0.2) is 0 Å². The Balaban J connectivity index is 2.03. The average molecular weight is 202 g/mol. The minimum atomic E-state index is 0.416. The molecule has 1 heterocycles. The number of hydrogen-bond donors (Lipinski definition) is 0. The van der Waals surface area contributed by atoms with Gasteiger partial charge in [-0.1, -0.05) is 38.0 Å². The third-order valence-electron chi connectivity index (χ3n) is 3.99. The van der Waals surface area contributed by atoms with Gasteiger partial charge in [-0.2, -0.15) is 0 Å². The molecule has 0 atom stereocenters. The maximum atomic E-state index is 5.94. The normalized spacial score (nSPS) is 20.9. The molecular weight excluding hydrogens is 184 g/mol. The van der Waals surface area contributed by atoms with Gasteiger partial charge in [-0.05, 0) is 24.8 Å². The van der Waals surface area contributed by atoms with Gasteiger partial charge in [0.15, 0.2) is 0 Å². The minimum absolute atomic E-state index is 0.416. The molecule has 1 saturated carbocycles. The van der Waals surface area contributed by atoms with Gasteiger partial charge in [0, 0.05) is 11.0 Å². The molecule has 2 aliphatic rings. The molecule has 1 heteroatoms. The second-order valence-corrected chi connectivity index (χ2v) is 4.97. The molecule has 1 aromatic carbocycles. The van der Waals surface area contributed by atoms with Crippen molar-refractivity contribution in [3.05, 3.63) is 29.3 Å². The Morgan fingerprint density at radius 2 is 2.20 bits per heavy atom. The van der Waals surface area contributed by atoms with Gasteiger partial charge < -0.3 is 4.74 Å². The van der Waals surface area contributed by atoms with E-state index in [0.717, 1.165) is 13.0 Å². The lowest BCUT2D eigenvalue weighted by Gasteiger charge is -2.36. The third kappa shape index (κ3) is 1.22. The van der Waals surface area contributed by atoms with Crippen molar-refractivity contribution >= 4 is 0 Å². The van der Waals surface area contributed by atoms with Crippen molar-refractivity contribution < 1.29 is 4.74 Å². The highest BCUT2D eigenvalue weighted by Crippen LogP contribution is 2.52. The third-order valence-corrected chi connectivity index (χ3v) is 3.99. The summed E-state index contributed by atoms with van der Waals surface area (Å²) >= 11 is 0. The number of aryl methyl sites for hydroxylation is 1. The number of fused-ring (bicyclic) bond motifs is 2. The second-order valence-electron chi connectivity index (χ2n) is 4.97. The van der Waals surface area contributed by atoms with E-state index in [4.69, 9.17) is 4.74 Å². The first kappa shape index (κ1) is 9.26. The zero-order valence-electron chi connectivity index (χ0n) is 9.38. The van der Waals surface area contributed by atoms with Gasteiger partial charge in [0.25, 0.3) is 0 Å². The van der Waals surface area contributed by atoms with E-state index in [9.17, 15) is 0 Å². The van der Waals surface area contributed by atoms with E-state index in [0.29, 0.717) is 5.41 Å². The number of rotatable bonds is 2. The van der Waals surface area contributed by atoms with Crippen molar-refractivity contribution in [1.29, 1.82) is 0 Å². The summed E-state index contributed by atoms with van der Waals surface area (Å²) in [5.74, 6) is 1.22. The van der Waals surface area contributed by atoms with Crippen molar-refractivity contribution in [2.24, 2.45) is 0 Å². The average Bonchev–Trinajstić information content (AvgIpc) is 2.58. The Labute approximate surface area is 91.5 Å². The fourth-order valence-corrected chi connectivity index (χ4v) is 2.94. The molecule has 3 rings (SSSR count). The predicted octanol–water partition coefficient (Wildman–Crippen LogP) is 3.45. The standard InChI is InChI=1S/C14H18O/c1-2-5-11-6-3-7-12-13(11)15-10-14(12)8-4-9-14/h3,6-7H,2,4-5,8-10H2,1H3. The number of para-hydroxylation sites is 1. The van der Waals surface area contributed by atoms with Crippen LogP contribution in [0.4, 0.5) is 0 Å². The zero-order chi connectivity index (χ0) is 10.3. The fraction of sp³-hybridized carbons (Fsp3) is 0.571. The van der Waals surface area contributed by atoms with Gasteiger partial charge in [0.1, 0.15) is 5.75 Å². The maximum absolute atomic E-state index is 5.94. The van der Waals surface area contributed by atoms with Crippen LogP contribution in [0.25, 0.3) is 0 Å². The molecule has 0 radical (unpaired) electrons. The van der Waals surface area contributed by atoms with Crippen molar-refractivity contribution in [3.63, 3.8) is 0 Å². The Hall–Kier alpha value is -0.980. The highest BCUT2D eigenvalue weighted by atomic mass is 16.5. The summed E-state index contributed by atoms with van der Waals surface area (Å²) in [6, 6.07) is 6.71. The highest BCUT2D eigenvalue weighted by molar-refractivity contribution is 5.50. The molecule has 0 amide bonds. The Morgan fingerprint density at radius 1 is 1.33 bits per heavy atom. The van der Waals surface area contributed by atoms with Crippen molar-refractivity contribution in [3.8, 4) is 5.75 Å². The molecule has 0 aromatic heterocycles. The van der Waals surface area contributed by atoms with Gasteiger partial charge in [0.05, 0.1) is 6.61 Å². The monoisotopic (exact) mass is 202 g/mol. The molecule has 1 aromatic rings. The molecule has 0 bridgehead atoms. The molecule has 1 aliphatic heterocycles. The lowest BCUT2D eigenvalue weighted by molar-refractivity contribution is 0.177. The van der Waals surface area contributed by atoms with Crippen LogP contribution < -0.4 is 4.74 Å². The van der Waals surface area contributed by atoms with Crippen LogP contribution >= 0.6 is 0 Å². The highest BCUT2D eigenvalue weighted by Gasteiger charge is 2.45. The van der Waals surface area contributed by atoms with Gasteiger partial charge in [0.2, 0.25) is 0 Å². The lowest BCUT2D eigenvalue weighted by Crippen LogP contribution is -2.35. The molecule has 0 saturated heterocycles. The SMILES string of the molecule is CCCc1cccc2c1OCC21CCC1. The zero-order valence-corrected chi connectivity index (χ0v) is 9.38. The lowest BCUT2D eigenvalue weighted by atomic mass is 9.66. The molecule has 1 fully saturated rings. The molecule has 0 N–H and O–H groups in total. The van der Waals surface area contributed by atoms with E-state index in [2.05, 4.69) is 25.1 Å². The van der Waals surface area contributed by atoms with Crippen molar-refractivity contribution in [2.75, 3.05) is 6.61 Å². The van der Waals surface area contributed by atoms with Crippen LogP contribution in [0, 0.1) is 0 Å². The van der Waals surface area contributed by atoms with Crippen LogP contribution in [0.1, 0.15) is 43.7 Å². The van der Waals surface area contributed by atoms with E-state index >= 15 is 0 Å². The summed E-state index contributed by atoms with van der Waals surface area (Å²) in [5.41, 5.74) is 3.33. The smallest absolute Gasteiger partial charge is 0.126 e. The Kier molecular flexibility index (Phi) is 2.01. The number of ether oxygens (including phenoxy) is 1. The Morgan fingerprint density at radius 3 is 2.87 bits per heavy atom. The van der Waals surface area contributed by atoms with Crippen LogP contribution in [0.3, 0.4) is 0 Å². The molecule has 80 valence electrons. The molecular formula is C14H18O. The van der Waals surface area contributed by atoms with Crippen LogP contribution in [0.2, 0.25) is 0 Å². The first-order valence-electron chi connectivity index (χ1n) is 6.11. The van der Waals surface area contributed by atoms with E-state index in [1.807, 2.05) is 0 Å². The maximum Gasteiger partial charge on any atom is 0.126 e. The minimum Gasteiger partial charge on any atom is -0.492 e. The summed E-state index contributed by atoms with van der Waals surface area (Å²) < 4.78 is 5.94. The van der Waals surface area contributed by atoms with Crippen LogP contribution in [-0.4, -0.2) is 6.61 Å². The number of benzene rings is 1. The summed E-state index contributed by atoms with van der Waals surface area (Å²) in [6.45, 7) is 3.16. The molecule has 1 spiro atoms. The molecule has 1 aliphatic carbocycles. The Bertz CT molecular complexity index is 377. The van der Waals surface area contributed by atoms with Gasteiger partial charge >= 0.3 is 0 Å². The molecule has 15 heavy (non-hydrogen) atoms.